The molecule has 0 fully saturated rings. The van der Waals surface area contributed by atoms with Crippen molar-refractivity contribution >= 4 is 19.4 Å². The molecule has 0 spiro atoms. The minimum Gasteiger partial charge on any atom is -0.506 e. The molecule has 0 saturated heterocycles. The van der Waals surface area contributed by atoms with Crippen LogP contribution in [0.2, 0.25) is 0 Å². The summed E-state index contributed by atoms with van der Waals surface area (Å²) in [7, 11) is -4.64. The van der Waals surface area contributed by atoms with Gasteiger partial charge in [0.25, 0.3) is 0 Å². The summed E-state index contributed by atoms with van der Waals surface area (Å²) >= 11 is 0. The molecule has 1 aromatic carbocycles. The highest BCUT2D eigenvalue weighted by atomic mass is 31.2. The molecule has 0 unspecified atom stereocenters. The maximum absolute atomic E-state index is 11.3. The van der Waals surface area contributed by atoms with Crippen LogP contribution in [0.3, 0.4) is 0 Å². The molecule has 0 atom stereocenters. The Morgan fingerprint density at radius 1 is 1.35 bits per heavy atom. The molecule has 0 aliphatic carbocycles. The molecule has 1 rings (SSSR count). The SMILES string of the molecule is CCCNC(=O)Cc1ccc(N)c(O)c1.O=P(O)(O)O. The number of phosphoric acid groups is 1. The number of phenols is 1. The molecular weight excluding hydrogens is 287 g/mol. The van der Waals surface area contributed by atoms with Gasteiger partial charge in [-0.2, -0.15) is 0 Å². The van der Waals surface area contributed by atoms with Crippen LogP contribution in [0.4, 0.5) is 5.69 Å². The van der Waals surface area contributed by atoms with Crippen LogP contribution in [0.15, 0.2) is 18.2 Å². The Hall–Kier alpha value is -1.60. The van der Waals surface area contributed by atoms with Gasteiger partial charge in [0.05, 0.1) is 12.1 Å². The summed E-state index contributed by atoms with van der Waals surface area (Å²) in [5.74, 6) is -0.0168. The highest BCUT2D eigenvalue weighted by Gasteiger charge is 2.04. The number of anilines is 1. The molecule has 1 amide bonds. The number of amides is 1. The number of carbonyl (C=O) groups is 1. The minimum absolute atomic E-state index is 0.0239. The minimum atomic E-state index is -4.64. The van der Waals surface area contributed by atoms with Crippen LogP contribution in [0.5, 0.6) is 5.75 Å². The largest absolute Gasteiger partial charge is 0.506 e. The number of rotatable bonds is 4. The van der Waals surface area contributed by atoms with Gasteiger partial charge in [-0.15, -0.1) is 0 Å². The number of carbonyl (C=O) groups excluding carboxylic acids is 1. The number of nitrogen functional groups attached to an aromatic ring is 1. The number of phenolic OH excluding ortho intramolecular Hbond substituents is 1. The third kappa shape index (κ3) is 10.3. The number of hydrogen-bond donors (Lipinski definition) is 6. The molecule has 1 aromatic rings. The fourth-order valence-electron chi connectivity index (χ4n) is 1.21. The van der Waals surface area contributed by atoms with Gasteiger partial charge in [-0.1, -0.05) is 13.0 Å². The van der Waals surface area contributed by atoms with Gasteiger partial charge < -0.3 is 30.8 Å². The number of hydrogen-bond acceptors (Lipinski definition) is 4. The maximum Gasteiger partial charge on any atom is 0.466 e. The average molecular weight is 306 g/mol. The Kier molecular flexibility index (Phi) is 7.86. The van der Waals surface area contributed by atoms with Crippen molar-refractivity contribution in [3.8, 4) is 5.75 Å². The average Bonchev–Trinajstić information content (AvgIpc) is 2.29. The van der Waals surface area contributed by atoms with Gasteiger partial charge in [0.15, 0.2) is 0 Å². The van der Waals surface area contributed by atoms with Crippen LogP contribution in [0, 0.1) is 0 Å². The van der Waals surface area contributed by atoms with Crippen molar-refractivity contribution in [2.24, 2.45) is 0 Å². The molecule has 114 valence electrons. The van der Waals surface area contributed by atoms with Gasteiger partial charge >= 0.3 is 7.82 Å². The Morgan fingerprint density at radius 2 is 1.90 bits per heavy atom. The van der Waals surface area contributed by atoms with E-state index in [1.54, 1.807) is 12.1 Å². The van der Waals surface area contributed by atoms with E-state index in [1.807, 2.05) is 6.92 Å². The first-order valence-electron chi connectivity index (χ1n) is 5.75. The molecule has 0 saturated carbocycles. The number of nitrogens with one attached hydrogen (secondary N) is 1. The molecule has 7 N–H and O–H groups in total. The second kappa shape index (κ2) is 8.55. The van der Waals surface area contributed by atoms with Crippen LogP contribution in [0.25, 0.3) is 0 Å². The van der Waals surface area contributed by atoms with E-state index < -0.39 is 7.82 Å². The van der Waals surface area contributed by atoms with Crippen molar-refractivity contribution in [2.75, 3.05) is 12.3 Å². The summed E-state index contributed by atoms with van der Waals surface area (Å²) in [4.78, 5) is 32.9. The van der Waals surface area contributed by atoms with Gasteiger partial charge in [-0.25, -0.2) is 4.57 Å². The maximum atomic E-state index is 11.3. The van der Waals surface area contributed by atoms with Gasteiger partial charge in [0.2, 0.25) is 5.91 Å². The Morgan fingerprint density at radius 3 is 2.35 bits per heavy atom. The molecule has 20 heavy (non-hydrogen) atoms. The van der Waals surface area contributed by atoms with E-state index in [2.05, 4.69) is 5.32 Å². The van der Waals surface area contributed by atoms with Crippen LogP contribution < -0.4 is 11.1 Å². The van der Waals surface area contributed by atoms with Gasteiger partial charge in [-0.05, 0) is 24.1 Å². The predicted molar refractivity (Wildman–Crippen MR) is 73.8 cm³/mol. The van der Waals surface area contributed by atoms with Crippen molar-refractivity contribution in [3.63, 3.8) is 0 Å². The molecule has 9 heteroatoms. The van der Waals surface area contributed by atoms with E-state index in [-0.39, 0.29) is 18.1 Å². The van der Waals surface area contributed by atoms with Crippen LogP contribution >= 0.6 is 7.82 Å². The summed E-state index contributed by atoms with van der Waals surface area (Å²) in [6, 6.07) is 4.85. The van der Waals surface area contributed by atoms with Crippen LogP contribution in [-0.4, -0.2) is 32.2 Å². The lowest BCUT2D eigenvalue weighted by Crippen LogP contribution is -2.25. The van der Waals surface area contributed by atoms with E-state index in [0.29, 0.717) is 12.2 Å². The van der Waals surface area contributed by atoms with E-state index >= 15 is 0 Å². The predicted octanol–water partition coefficient (Wildman–Crippen LogP) is 0.114. The molecule has 0 aliphatic heterocycles. The monoisotopic (exact) mass is 306 g/mol. The fraction of sp³-hybridized carbons (Fsp3) is 0.364. The third-order valence-electron chi connectivity index (χ3n) is 2.03. The molecule has 0 aliphatic rings. The second-order valence-corrected chi connectivity index (χ2v) is 4.96. The molecule has 0 heterocycles. The quantitative estimate of drug-likeness (QED) is 0.262. The summed E-state index contributed by atoms with van der Waals surface area (Å²) in [6.45, 7) is 2.68. The third-order valence-corrected chi connectivity index (χ3v) is 2.03. The fourth-order valence-corrected chi connectivity index (χ4v) is 1.21. The van der Waals surface area contributed by atoms with E-state index in [1.165, 1.54) is 6.07 Å². The smallest absolute Gasteiger partial charge is 0.466 e. The number of nitrogens with two attached hydrogens (primary N) is 1. The number of aromatic hydroxyl groups is 1. The van der Waals surface area contributed by atoms with Crippen molar-refractivity contribution < 1.29 is 29.1 Å². The highest BCUT2D eigenvalue weighted by molar-refractivity contribution is 7.45. The van der Waals surface area contributed by atoms with E-state index in [9.17, 15) is 9.90 Å². The molecule has 0 bridgehead atoms. The van der Waals surface area contributed by atoms with Crippen molar-refractivity contribution in [2.45, 2.75) is 19.8 Å². The summed E-state index contributed by atoms with van der Waals surface area (Å²) in [5, 5.41) is 12.1. The Balaban J connectivity index is 0.000000621. The van der Waals surface area contributed by atoms with Gasteiger partial charge in [-0.3, -0.25) is 4.79 Å². The van der Waals surface area contributed by atoms with Crippen LogP contribution in [-0.2, 0) is 15.8 Å². The summed E-state index contributed by atoms with van der Waals surface area (Å²) < 4.78 is 8.88. The first-order valence-corrected chi connectivity index (χ1v) is 7.32. The van der Waals surface area contributed by atoms with Gasteiger partial charge in [0.1, 0.15) is 5.75 Å². The lowest BCUT2D eigenvalue weighted by atomic mass is 10.1. The lowest BCUT2D eigenvalue weighted by Gasteiger charge is -2.05. The summed E-state index contributed by atoms with van der Waals surface area (Å²) in [6.07, 6.45) is 1.19. The lowest BCUT2D eigenvalue weighted by molar-refractivity contribution is -0.120. The molecule has 8 nitrogen and oxygen atoms in total. The van der Waals surface area contributed by atoms with Crippen molar-refractivity contribution in [1.29, 1.82) is 0 Å². The standard InChI is InChI=1S/C11H16N2O2.H3O4P/c1-2-5-13-11(15)7-8-3-4-9(12)10(14)6-8;1-5(2,3)4/h3-4,6,14H,2,5,7,12H2,1H3,(H,13,15);(H3,1,2,3,4). The van der Waals surface area contributed by atoms with E-state index in [0.717, 1.165) is 12.0 Å². The van der Waals surface area contributed by atoms with Gasteiger partial charge in [0, 0.05) is 6.54 Å². The second-order valence-electron chi connectivity index (χ2n) is 3.93. The van der Waals surface area contributed by atoms with E-state index in [4.69, 9.17) is 25.0 Å². The molecular formula is C11H19N2O6P. The normalized spacial score (nSPS) is 10.4. The summed E-state index contributed by atoms with van der Waals surface area (Å²) in [5.41, 5.74) is 6.54. The first-order chi connectivity index (χ1) is 9.13. The highest BCUT2D eigenvalue weighted by Crippen LogP contribution is 2.25. The first kappa shape index (κ1) is 18.4. The van der Waals surface area contributed by atoms with Crippen molar-refractivity contribution in [3.05, 3.63) is 23.8 Å². The van der Waals surface area contributed by atoms with Crippen molar-refractivity contribution in [1.82, 2.24) is 5.32 Å². The zero-order chi connectivity index (χ0) is 15.8. The zero-order valence-corrected chi connectivity index (χ0v) is 11.9. The molecule has 0 aromatic heterocycles. The molecule has 0 radical (unpaired) electrons. The topological polar surface area (TPSA) is 153 Å². The van der Waals surface area contributed by atoms with Crippen LogP contribution in [0.1, 0.15) is 18.9 Å². The Labute approximate surface area is 116 Å². The zero-order valence-electron chi connectivity index (χ0n) is 11.0. The Bertz CT molecular complexity index is 480. The number of benzene rings is 1.